The minimum absolute atomic E-state index is 0.116. The molecular formula is C24H21N5O4. The maximum Gasteiger partial charge on any atom is 0.333 e. The largest absolute Gasteiger partial charge is 0.496 e. The van der Waals surface area contributed by atoms with Crippen LogP contribution in [0, 0.1) is 0 Å². The van der Waals surface area contributed by atoms with Gasteiger partial charge in [-0.3, -0.25) is 23.7 Å². The number of hydrogen-bond donors (Lipinski definition) is 1. The Balaban J connectivity index is 2.19. The normalized spacial score (nSPS) is 12.7. The Hall–Kier alpha value is -4.40. The molecule has 166 valence electrons. The predicted molar refractivity (Wildman–Crippen MR) is 128 cm³/mol. The van der Waals surface area contributed by atoms with Crippen molar-refractivity contribution in [3.8, 4) is 5.75 Å². The van der Waals surface area contributed by atoms with Gasteiger partial charge in [0, 0.05) is 43.7 Å². The summed E-state index contributed by atoms with van der Waals surface area (Å²) >= 11 is 0. The molecular weight excluding hydrogens is 422 g/mol. The molecule has 33 heavy (non-hydrogen) atoms. The average molecular weight is 443 g/mol. The molecule has 9 nitrogen and oxygen atoms in total. The number of Topliss-reactive ketones (excluding diaryl/α,β-unsaturated/α-hetero) is 1. The van der Waals surface area contributed by atoms with E-state index in [4.69, 9.17) is 14.9 Å². The molecule has 5 rings (SSSR count). The van der Waals surface area contributed by atoms with Crippen molar-refractivity contribution >= 4 is 56.2 Å². The van der Waals surface area contributed by atoms with Crippen LogP contribution in [0.4, 0.5) is 0 Å². The molecule has 3 heterocycles. The van der Waals surface area contributed by atoms with Gasteiger partial charge in [-0.05, 0) is 25.1 Å². The topological polar surface area (TPSA) is 117 Å². The van der Waals surface area contributed by atoms with Crippen molar-refractivity contribution in [3.05, 3.63) is 58.3 Å². The maximum atomic E-state index is 13.4. The zero-order valence-corrected chi connectivity index (χ0v) is 18.5. The van der Waals surface area contributed by atoms with Crippen LogP contribution in [0.5, 0.6) is 5.75 Å². The van der Waals surface area contributed by atoms with Crippen LogP contribution in [0.1, 0.15) is 22.8 Å². The quantitative estimate of drug-likeness (QED) is 0.336. The molecule has 0 atom stereocenters. The number of pyridine rings is 1. The molecule has 0 saturated heterocycles. The van der Waals surface area contributed by atoms with Crippen LogP contribution in [-0.4, -0.2) is 40.1 Å². The summed E-state index contributed by atoms with van der Waals surface area (Å²) in [6, 6.07) is 6.81. The van der Waals surface area contributed by atoms with E-state index in [0.717, 1.165) is 0 Å². The minimum Gasteiger partial charge on any atom is -0.496 e. The first-order valence-corrected chi connectivity index (χ1v) is 10.2. The molecule has 0 bridgehead atoms. The lowest BCUT2D eigenvalue weighted by atomic mass is 10.0. The lowest BCUT2D eigenvalue weighted by Gasteiger charge is -2.12. The summed E-state index contributed by atoms with van der Waals surface area (Å²) in [5.41, 5.74) is 10.4. The molecule has 0 unspecified atom stereocenters. The number of carbonyl (C=O) groups is 1. The molecule has 2 aromatic carbocycles. The molecule has 0 aliphatic rings. The van der Waals surface area contributed by atoms with Crippen LogP contribution >= 0.6 is 0 Å². The van der Waals surface area contributed by atoms with Crippen LogP contribution in [0.2, 0.25) is 0 Å². The molecule has 2 N–H and O–H groups in total. The Morgan fingerprint density at radius 3 is 2.73 bits per heavy atom. The van der Waals surface area contributed by atoms with Gasteiger partial charge in [-0.15, -0.1) is 0 Å². The Bertz CT molecular complexity index is 1730. The van der Waals surface area contributed by atoms with Crippen LogP contribution in [-0.2, 0) is 7.05 Å². The number of allylic oxidation sites excluding steroid dienone is 1. The van der Waals surface area contributed by atoms with Crippen molar-refractivity contribution in [2.24, 2.45) is 17.8 Å². The van der Waals surface area contributed by atoms with E-state index >= 15 is 0 Å². The van der Waals surface area contributed by atoms with Gasteiger partial charge in [0.15, 0.2) is 16.9 Å². The van der Waals surface area contributed by atoms with E-state index in [1.165, 1.54) is 17.7 Å². The van der Waals surface area contributed by atoms with E-state index in [9.17, 15) is 9.59 Å². The first kappa shape index (κ1) is 20.5. The van der Waals surface area contributed by atoms with Gasteiger partial charge in [-0.2, -0.15) is 0 Å². The number of aromatic nitrogens is 3. The Morgan fingerprint density at radius 2 is 2.06 bits per heavy atom. The van der Waals surface area contributed by atoms with Crippen molar-refractivity contribution in [1.29, 1.82) is 0 Å². The van der Waals surface area contributed by atoms with Crippen molar-refractivity contribution in [2.45, 2.75) is 6.92 Å². The van der Waals surface area contributed by atoms with Crippen LogP contribution in [0.25, 0.3) is 44.2 Å². The number of nitrogens with two attached hydrogens (primary N) is 1. The number of imidazole rings is 1. The molecule has 0 fully saturated rings. The highest BCUT2D eigenvalue weighted by atomic mass is 16.5. The lowest BCUT2D eigenvalue weighted by molar-refractivity contribution is 0.101. The molecule has 0 amide bonds. The van der Waals surface area contributed by atoms with Gasteiger partial charge >= 0.3 is 5.69 Å². The molecule has 3 aromatic heterocycles. The summed E-state index contributed by atoms with van der Waals surface area (Å²) in [4.78, 5) is 34.2. The molecule has 0 saturated carbocycles. The van der Waals surface area contributed by atoms with Gasteiger partial charge in [0.1, 0.15) is 5.75 Å². The van der Waals surface area contributed by atoms with Crippen molar-refractivity contribution in [3.63, 3.8) is 0 Å². The third kappa shape index (κ3) is 2.78. The van der Waals surface area contributed by atoms with Gasteiger partial charge in [0.05, 0.1) is 46.3 Å². The number of hydrogen-bond acceptors (Lipinski definition) is 7. The molecule has 0 spiro atoms. The zero-order chi connectivity index (χ0) is 23.4. The van der Waals surface area contributed by atoms with Crippen LogP contribution in [0.15, 0.2) is 50.9 Å². The molecule has 9 heteroatoms. The summed E-state index contributed by atoms with van der Waals surface area (Å²) < 4.78 is 15.2. The van der Waals surface area contributed by atoms with Crippen molar-refractivity contribution < 1.29 is 13.9 Å². The number of aryl methyl sites for hydroxylation is 1. The fraction of sp³-hybridized carbons (Fsp3) is 0.167. The Morgan fingerprint density at radius 1 is 1.27 bits per heavy atom. The third-order valence-corrected chi connectivity index (χ3v) is 5.87. The summed E-state index contributed by atoms with van der Waals surface area (Å²) in [7, 11) is 4.88. The second-order valence-corrected chi connectivity index (χ2v) is 7.70. The van der Waals surface area contributed by atoms with E-state index in [-0.39, 0.29) is 11.5 Å². The SMILES string of the molecule is CN=CC(=CN)c1c(OC)cc2ncc3c4c2c1oc1ccc(C(C)=O)cc1n4c(=O)n3C. The van der Waals surface area contributed by atoms with E-state index in [0.29, 0.717) is 61.1 Å². The van der Waals surface area contributed by atoms with Gasteiger partial charge in [0.25, 0.3) is 0 Å². The van der Waals surface area contributed by atoms with Crippen LogP contribution < -0.4 is 16.2 Å². The number of methoxy groups -OCH3 is 1. The fourth-order valence-corrected chi connectivity index (χ4v) is 4.29. The number of aliphatic imine (C=N–C) groups is 1. The number of ketones is 1. The standard InChI is InChI=1S/C24H21N5O4/c1-12(30)13-5-6-18-16(7-13)29-22-17(28(3)24(29)31)11-27-15-8-19(32-4)20(14(9-25)10-26-2)23(33-18)21(15)22/h5-11H,25H2,1-4H3. The van der Waals surface area contributed by atoms with E-state index in [2.05, 4.69) is 9.98 Å². The second-order valence-electron chi connectivity index (χ2n) is 7.70. The molecule has 5 aromatic rings. The fourth-order valence-electron chi connectivity index (χ4n) is 4.29. The summed E-state index contributed by atoms with van der Waals surface area (Å²) in [5.74, 6) is 0.379. The molecule has 0 aliphatic heterocycles. The van der Waals surface area contributed by atoms with Crippen LogP contribution in [0.3, 0.4) is 0 Å². The Labute approximate surface area is 187 Å². The number of ether oxygens (including phenoxy) is 1. The zero-order valence-electron chi connectivity index (χ0n) is 18.5. The predicted octanol–water partition coefficient (Wildman–Crippen LogP) is 3.30. The highest BCUT2D eigenvalue weighted by Gasteiger charge is 2.24. The third-order valence-electron chi connectivity index (χ3n) is 5.87. The van der Waals surface area contributed by atoms with E-state index in [1.54, 1.807) is 62.3 Å². The highest BCUT2D eigenvalue weighted by Crippen LogP contribution is 2.40. The highest BCUT2D eigenvalue weighted by molar-refractivity contribution is 6.21. The molecule has 0 aliphatic carbocycles. The van der Waals surface area contributed by atoms with Crippen molar-refractivity contribution in [2.75, 3.05) is 14.2 Å². The number of fused-ring (bicyclic) bond motifs is 2. The maximum absolute atomic E-state index is 13.4. The van der Waals surface area contributed by atoms with Gasteiger partial charge in [0.2, 0.25) is 0 Å². The average Bonchev–Trinajstić information content (AvgIpc) is 2.97. The van der Waals surface area contributed by atoms with Crippen molar-refractivity contribution in [1.82, 2.24) is 14.0 Å². The number of rotatable bonds is 4. The second kappa shape index (κ2) is 7.33. The number of benzene rings is 2. The van der Waals surface area contributed by atoms with Gasteiger partial charge in [-0.25, -0.2) is 4.79 Å². The monoisotopic (exact) mass is 443 g/mol. The van der Waals surface area contributed by atoms with Gasteiger partial charge in [-0.1, -0.05) is 0 Å². The van der Waals surface area contributed by atoms with Gasteiger partial charge < -0.3 is 14.9 Å². The number of nitrogens with zero attached hydrogens (tertiary/aromatic N) is 4. The first-order valence-electron chi connectivity index (χ1n) is 10.2. The summed E-state index contributed by atoms with van der Waals surface area (Å²) in [6.07, 6.45) is 4.68. The van der Waals surface area contributed by atoms with E-state index < -0.39 is 0 Å². The Kier molecular flexibility index (Phi) is 4.56. The summed E-state index contributed by atoms with van der Waals surface area (Å²) in [6.45, 7) is 1.48. The lowest BCUT2D eigenvalue weighted by Crippen LogP contribution is -2.17. The first-order chi connectivity index (χ1) is 15.9. The minimum atomic E-state index is -0.278. The van der Waals surface area contributed by atoms with E-state index in [1.807, 2.05) is 0 Å². The smallest absolute Gasteiger partial charge is 0.333 e. The molecule has 0 radical (unpaired) electrons. The summed E-state index contributed by atoms with van der Waals surface area (Å²) in [5, 5.41) is 0.630. The number of carbonyl (C=O) groups excluding carboxylic acids is 1.